The Morgan fingerprint density at radius 1 is 1.26 bits per heavy atom. The summed E-state index contributed by atoms with van der Waals surface area (Å²) in [6, 6.07) is 7.87. The average Bonchev–Trinajstić information content (AvgIpc) is 2.86. The molecule has 1 N–H and O–H groups in total. The van der Waals surface area contributed by atoms with Gasteiger partial charge >= 0.3 is 0 Å². The lowest BCUT2D eigenvalue weighted by Crippen LogP contribution is -2.42. The van der Waals surface area contributed by atoms with Crippen molar-refractivity contribution >= 4 is 5.91 Å². The molecule has 6 heteroatoms. The molecule has 0 aliphatic carbocycles. The van der Waals surface area contributed by atoms with Crippen LogP contribution >= 0.6 is 0 Å². The Kier molecular flexibility index (Phi) is 4.85. The van der Waals surface area contributed by atoms with E-state index < -0.39 is 5.60 Å². The number of hydrogen-bond donors (Lipinski definition) is 1. The number of aromatic nitrogens is 3. The van der Waals surface area contributed by atoms with E-state index in [9.17, 15) is 9.90 Å². The Morgan fingerprint density at radius 2 is 1.87 bits per heavy atom. The van der Waals surface area contributed by atoms with Crippen molar-refractivity contribution in [1.82, 2.24) is 19.9 Å². The van der Waals surface area contributed by atoms with Gasteiger partial charge in [0.2, 0.25) is 0 Å². The van der Waals surface area contributed by atoms with Crippen LogP contribution in [0.1, 0.15) is 42.5 Å². The van der Waals surface area contributed by atoms with Gasteiger partial charge in [0, 0.05) is 13.1 Å². The number of aliphatic hydroxyl groups is 1. The van der Waals surface area contributed by atoms with Gasteiger partial charge in [-0.3, -0.25) is 4.79 Å². The predicted octanol–water partition coefficient (Wildman–Crippen LogP) is 2.12. The van der Waals surface area contributed by atoms with Gasteiger partial charge in [-0.15, -0.1) is 5.10 Å². The van der Waals surface area contributed by atoms with Crippen LogP contribution in [0.15, 0.2) is 24.3 Å². The van der Waals surface area contributed by atoms with E-state index in [1.807, 2.05) is 45.0 Å². The molecule has 0 aliphatic heterocycles. The lowest BCUT2D eigenvalue weighted by atomic mass is 10.1. The van der Waals surface area contributed by atoms with E-state index in [2.05, 4.69) is 10.3 Å². The summed E-state index contributed by atoms with van der Waals surface area (Å²) in [6.45, 7) is 9.83. The Hall–Kier alpha value is -2.21. The maximum atomic E-state index is 12.7. The highest BCUT2D eigenvalue weighted by molar-refractivity contribution is 5.93. The average molecular weight is 316 g/mol. The predicted molar refractivity (Wildman–Crippen MR) is 88.7 cm³/mol. The van der Waals surface area contributed by atoms with Crippen molar-refractivity contribution in [2.75, 3.05) is 13.1 Å². The SMILES string of the molecule is CCN(CC(C)(C)O)C(=O)c1nnn(-c2ccc(C)cc2)c1C. The molecular formula is C17H24N4O2. The van der Waals surface area contributed by atoms with Crippen molar-refractivity contribution in [3.63, 3.8) is 0 Å². The van der Waals surface area contributed by atoms with Crippen molar-refractivity contribution in [2.45, 2.75) is 40.2 Å². The summed E-state index contributed by atoms with van der Waals surface area (Å²) in [5.41, 5.74) is 2.08. The molecule has 0 atom stereocenters. The third-order valence-corrected chi connectivity index (χ3v) is 3.62. The molecule has 0 unspecified atom stereocenters. The maximum absolute atomic E-state index is 12.7. The van der Waals surface area contributed by atoms with Crippen LogP contribution in [0.5, 0.6) is 0 Å². The molecule has 0 saturated heterocycles. The molecule has 1 aromatic heterocycles. The van der Waals surface area contributed by atoms with Gasteiger partial charge in [0.15, 0.2) is 5.69 Å². The molecule has 23 heavy (non-hydrogen) atoms. The smallest absolute Gasteiger partial charge is 0.276 e. The van der Waals surface area contributed by atoms with Crippen LogP contribution < -0.4 is 0 Å². The van der Waals surface area contributed by atoms with E-state index in [0.29, 0.717) is 17.9 Å². The first-order valence-corrected chi connectivity index (χ1v) is 7.74. The molecule has 6 nitrogen and oxygen atoms in total. The topological polar surface area (TPSA) is 71.2 Å². The van der Waals surface area contributed by atoms with Crippen molar-refractivity contribution in [3.8, 4) is 5.69 Å². The van der Waals surface area contributed by atoms with Gasteiger partial charge < -0.3 is 10.0 Å². The number of aryl methyl sites for hydroxylation is 1. The molecule has 124 valence electrons. The largest absolute Gasteiger partial charge is 0.389 e. The number of hydrogen-bond acceptors (Lipinski definition) is 4. The number of nitrogens with zero attached hydrogens (tertiary/aromatic N) is 4. The molecule has 0 aliphatic rings. The van der Waals surface area contributed by atoms with E-state index in [1.165, 1.54) is 0 Å². The van der Waals surface area contributed by atoms with Gasteiger partial charge in [0.25, 0.3) is 5.91 Å². The van der Waals surface area contributed by atoms with E-state index in [1.54, 1.807) is 23.4 Å². The van der Waals surface area contributed by atoms with Gasteiger partial charge in [0.05, 0.1) is 17.0 Å². The number of rotatable bonds is 5. The van der Waals surface area contributed by atoms with E-state index in [4.69, 9.17) is 0 Å². The molecule has 2 rings (SSSR count). The fourth-order valence-corrected chi connectivity index (χ4v) is 2.40. The fourth-order valence-electron chi connectivity index (χ4n) is 2.40. The maximum Gasteiger partial charge on any atom is 0.276 e. The number of carbonyl (C=O) groups excluding carboxylic acids is 1. The monoisotopic (exact) mass is 316 g/mol. The summed E-state index contributed by atoms with van der Waals surface area (Å²) >= 11 is 0. The molecule has 1 amide bonds. The minimum Gasteiger partial charge on any atom is -0.389 e. The zero-order valence-corrected chi connectivity index (χ0v) is 14.4. The zero-order valence-electron chi connectivity index (χ0n) is 14.4. The molecule has 2 aromatic rings. The van der Waals surface area contributed by atoms with Gasteiger partial charge in [-0.2, -0.15) is 0 Å². The summed E-state index contributed by atoms with van der Waals surface area (Å²) in [5.74, 6) is -0.217. The van der Waals surface area contributed by atoms with Crippen molar-refractivity contribution in [2.24, 2.45) is 0 Å². The second-order valence-electron chi connectivity index (χ2n) is 6.40. The third-order valence-electron chi connectivity index (χ3n) is 3.62. The molecule has 0 saturated carbocycles. The standard InChI is InChI=1S/C17H24N4O2/c1-6-20(11-17(4,5)23)16(22)15-13(3)21(19-18-15)14-9-7-12(2)8-10-14/h7-10,23H,6,11H2,1-5H3. The van der Waals surface area contributed by atoms with Crippen LogP contribution in [0, 0.1) is 13.8 Å². The van der Waals surface area contributed by atoms with Crippen LogP contribution in [-0.4, -0.2) is 49.6 Å². The molecule has 0 radical (unpaired) electrons. The number of benzene rings is 1. The van der Waals surface area contributed by atoms with Gasteiger partial charge in [-0.25, -0.2) is 4.68 Å². The van der Waals surface area contributed by atoms with Crippen LogP contribution in [0.25, 0.3) is 5.69 Å². The lowest BCUT2D eigenvalue weighted by Gasteiger charge is -2.27. The van der Waals surface area contributed by atoms with Crippen molar-refractivity contribution in [3.05, 3.63) is 41.2 Å². The van der Waals surface area contributed by atoms with E-state index in [0.717, 1.165) is 11.3 Å². The first-order valence-electron chi connectivity index (χ1n) is 7.74. The summed E-state index contributed by atoms with van der Waals surface area (Å²) in [7, 11) is 0. The Morgan fingerprint density at radius 3 is 2.39 bits per heavy atom. The third kappa shape index (κ3) is 3.96. The van der Waals surface area contributed by atoms with Gasteiger partial charge in [0.1, 0.15) is 0 Å². The van der Waals surface area contributed by atoms with E-state index in [-0.39, 0.29) is 12.5 Å². The summed E-state index contributed by atoms with van der Waals surface area (Å²) in [5, 5.41) is 18.1. The fraction of sp³-hybridized carbons (Fsp3) is 0.471. The molecule has 1 aromatic carbocycles. The van der Waals surface area contributed by atoms with Crippen LogP contribution in [0.4, 0.5) is 0 Å². The molecule has 0 bridgehead atoms. The van der Waals surface area contributed by atoms with Crippen LogP contribution in [-0.2, 0) is 0 Å². The van der Waals surface area contributed by atoms with Crippen molar-refractivity contribution < 1.29 is 9.90 Å². The first-order chi connectivity index (χ1) is 10.7. The quantitative estimate of drug-likeness (QED) is 0.917. The number of carbonyl (C=O) groups is 1. The highest BCUT2D eigenvalue weighted by Gasteiger charge is 2.26. The second kappa shape index (κ2) is 6.50. The summed E-state index contributed by atoms with van der Waals surface area (Å²) in [4.78, 5) is 14.3. The highest BCUT2D eigenvalue weighted by atomic mass is 16.3. The number of likely N-dealkylation sites (N-methyl/N-ethyl adjacent to an activating group) is 1. The Bertz CT molecular complexity index is 684. The molecular weight excluding hydrogens is 292 g/mol. The summed E-state index contributed by atoms with van der Waals surface area (Å²) in [6.07, 6.45) is 0. The molecule has 0 fully saturated rings. The molecule has 1 heterocycles. The Labute approximate surface area is 136 Å². The minimum atomic E-state index is -0.952. The second-order valence-corrected chi connectivity index (χ2v) is 6.40. The van der Waals surface area contributed by atoms with Crippen molar-refractivity contribution in [1.29, 1.82) is 0 Å². The Balaban J connectivity index is 2.30. The lowest BCUT2D eigenvalue weighted by molar-refractivity contribution is 0.0311. The zero-order chi connectivity index (χ0) is 17.2. The molecule has 0 spiro atoms. The normalized spacial score (nSPS) is 11.6. The van der Waals surface area contributed by atoms with E-state index >= 15 is 0 Å². The first kappa shape index (κ1) is 17.1. The highest BCUT2D eigenvalue weighted by Crippen LogP contribution is 2.16. The van der Waals surface area contributed by atoms with Crippen LogP contribution in [0.3, 0.4) is 0 Å². The van der Waals surface area contributed by atoms with Crippen LogP contribution in [0.2, 0.25) is 0 Å². The summed E-state index contributed by atoms with van der Waals surface area (Å²) < 4.78 is 1.66. The van der Waals surface area contributed by atoms with Gasteiger partial charge in [-0.1, -0.05) is 22.9 Å². The number of amides is 1. The van der Waals surface area contributed by atoms with Gasteiger partial charge in [-0.05, 0) is 46.8 Å². The minimum absolute atomic E-state index is 0.217.